The van der Waals surface area contributed by atoms with Crippen molar-refractivity contribution >= 4 is 28.8 Å². The molecule has 1 heterocycles. The summed E-state index contributed by atoms with van der Waals surface area (Å²) in [5.41, 5.74) is 0.928. The van der Waals surface area contributed by atoms with Gasteiger partial charge >= 0.3 is 0 Å². The summed E-state index contributed by atoms with van der Waals surface area (Å²) in [4.78, 5) is 3.08. The van der Waals surface area contributed by atoms with Crippen LogP contribution in [0.4, 0.5) is 0 Å². The van der Waals surface area contributed by atoms with Gasteiger partial charge in [0, 0.05) is 17.5 Å². The third kappa shape index (κ3) is 3.08. The van der Waals surface area contributed by atoms with Crippen LogP contribution in [0.3, 0.4) is 0 Å². The van der Waals surface area contributed by atoms with Crippen LogP contribution >= 0.6 is 22.9 Å². The smallest absolute Gasteiger partial charge is 0.128 e. The first kappa shape index (κ1) is 12.1. The molecule has 2 aromatic rings. The highest BCUT2D eigenvalue weighted by Crippen LogP contribution is 2.22. The Morgan fingerprint density at radius 1 is 1.24 bits per heavy atom. The summed E-state index contributed by atoms with van der Waals surface area (Å²) in [5, 5.41) is 8.09. The molecule has 0 radical (unpaired) electrons. The molecule has 0 atom stereocenters. The molecule has 0 fully saturated rings. The number of hydrogen-bond donors (Lipinski definition) is 1. The third-order valence-electron chi connectivity index (χ3n) is 2.45. The number of nitrogens with one attached hydrogen (secondary N) is 1. The lowest BCUT2D eigenvalue weighted by Crippen LogP contribution is -2.25. The average molecular weight is 265 g/mol. The quantitative estimate of drug-likeness (QED) is 0.661. The highest BCUT2D eigenvalue weighted by atomic mass is 35.5. The minimum absolute atomic E-state index is 0.523. The van der Waals surface area contributed by atoms with E-state index < -0.39 is 0 Å². The largest absolute Gasteiger partial charge is 0.355 e. The summed E-state index contributed by atoms with van der Waals surface area (Å²) in [6.07, 6.45) is 0. The fraction of sp³-hybridized carbons (Fsp3) is 0.154. The number of amidine groups is 1. The van der Waals surface area contributed by atoms with Gasteiger partial charge in [-0.3, -0.25) is 5.41 Å². The first-order valence-corrected chi connectivity index (χ1v) is 6.45. The zero-order valence-corrected chi connectivity index (χ0v) is 11.1. The predicted molar refractivity (Wildman–Crippen MR) is 74.1 cm³/mol. The molecule has 2 nitrogen and oxygen atoms in total. The molecule has 0 aliphatic heterocycles. The van der Waals surface area contributed by atoms with Gasteiger partial charge in [-0.25, -0.2) is 0 Å². The Hall–Kier alpha value is -1.32. The molecule has 0 spiro atoms. The molecule has 88 valence electrons. The number of nitrogens with zero attached hydrogens (tertiary/aromatic N) is 1. The van der Waals surface area contributed by atoms with E-state index in [2.05, 4.69) is 0 Å². The zero-order valence-electron chi connectivity index (χ0n) is 9.48. The molecule has 4 heteroatoms. The van der Waals surface area contributed by atoms with Gasteiger partial charge in [0.2, 0.25) is 0 Å². The van der Waals surface area contributed by atoms with E-state index in [4.69, 9.17) is 17.0 Å². The zero-order chi connectivity index (χ0) is 12.3. The molecule has 0 unspecified atom stereocenters. The number of halogens is 1. The van der Waals surface area contributed by atoms with E-state index in [1.807, 2.05) is 54.4 Å². The fourth-order valence-corrected chi connectivity index (χ4v) is 2.71. The molecule has 1 N–H and O–H groups in total. The Balaban J connectivity index is 2.06. The summed E-state index contributed by atoms with van der Waals surface area (Å²) < 4.78 is 0.791. The lowest BCUT2D eigenvalue weighted by atomic mass is 10.2. The van der Waals surface area contributed by atoms with E-state index in [1.165, 1.54) is 0 Å². The monoisotopic (exact) mass is 264 g/mol. The molecule has 0 aliphatic rings. The Morgan fingerprint density at radius 2 is 1.94 bits per heavy atom. The molecular formula is C13H13ClN2S. The van der Waals surface area contributed by atoms with Gasteiger partial charge in [-0.15, -0.1) is 11.3 Å². The molecule has 0 aliphatic carbocycles. The summed E-state index contributed by atoms with van der Waals surface area (Å²) >= 11 is 7.44. The van der Waals surface area contributed by atoms with Crippen molar-refractivity contribution < 1.29 is 0 Å². The van der Waals surface area contributed by atoms with E-state index >= 15 is 0 Å². The second kappa shape index (κ2) is 5.34. The van der Waals surface area contributed by atoms with Crippen molar-refractivity contribution in [2.45, 2.75) is 6.54 Å². The van der Waals surface area contributed by atoms with Crippen LogP contribution in [0.1, 0.15) is 10.4 Å². The maximum atomic E-state index is 8.09. The van der Waals surface area contributed by atoms with Crippen molar-refractivity contribution in [1.82, 2.24) is 4.90 Å². The number of benzene rings is 1. The van der Waals surface area contributed by atoms with Gasteiger partial charge in [0.15, 0.2) is 0 Å². The van der Waals surface area contributed by atoms with Gasteiger partial charge in [0.25, 0.3) is 0 Å². The van der Waals surface area contributed by atoms with Crippen molar-refractivity contribution in [2.75, 3.05) is 7.05 Å². The second-order valence-corrected chi connectivity index (χ2v) is 5.58. The van der Waals surface area contributed by atoms with E-state index in [-0.39, 0.29) is 0 Å². The third-order valence-corrected chi connectivity index (χ3v) is 3.67. The van der Waals surface area contributed by atoms with Crippen LogP contribution in [-0.2, 0) is 6.54 Å². The second-order valence-electron chi connectivity index (χ2n) is 3.78. The summed E-state index contributed by atoms with van der Waals surface area (Å²) in [6, 6.07) is 13.6. The first-order valence-electron chi connectivity index (χ1n) is 5.26. The lowest BCUT2D eigenvalue weighted by molar-refractivity contribution is 0.503. The van der Waals surface area contributed by atoms with Crippen molar-refractivity contribution in [2.24, 2.45) is 0 Å². The first-order chi connectivity index (χ1) is 8.16. The van der Waals surface area contributed by atoms with Crippen LogP contribution in [0, 0.1) is 5.41 Å². The van der Waals surface area contributed by atoms with Crippen molar-refractivity contribution in [3.63, 3.8) is 0 Å². The SMILES string of the molecule is CN(Cc1ccc(Cl)s1)C(=N)c1ccccc1. The summed E-state index contributed by atoms with van der Waals surface area (Å²) in [7, 11) is 1.92. The molecule has 0 saturated carbocycles. The molecule has 1 aromatic carbocycles. The Labute approximate surface area is 110 Å². The van der Waals surface area contributed by atoms with Gasteiger partial charge in [-0.2, -0.15) is 0 Å². The van der Waals surface area contributed by atoms with Gasteiger partial charge in [-0.1, -0.05) is 41.9 Å². The Kier molecular flexibility index (Phi) is 3.82. The van der Waals surface area contributed by atoms with Crippen molar-refractivity contribution in [1.29, 1.82) is 5.41 Å². The standard InChI is InChI=1S/C13H13ClN2S/c1-16(9-11-7-8-12(14)17-11)13(15)10-5-3-2-4-6-10/h2-8,15H,9H2,1H3. The molecule has 0 saturated heterocycles. The minimum Gasteiger partial charge on any atom is -0.355 e. The molecule has 0 amide bonds. The van der Waals surface area contributed by atoms with E-state index in [0.717, 1.165) is 14.8 Å². The maximum Gasteiger partial charge on any atom is 0.128 e. The van der Waals surface area contributed by atoms with Crippen LogP contribution in [0.2, 0.25) is 4.34 Å². The highest BCUT2D eigenvalue weighted by Gasteiger charge is 2.08. The Morgan fingerprint density at radius 3 is 2.53 bits per heavy atom. The highest BCUT2D eigenvalue weighted by molar-refractivity contribution is 7.16. The van der Waals surface area contributed by atoms with Crippen LogP contribution in [0.5, 0.6) is 0 Å². The van der Waals surface area contributed by atoms with Gasteiger partial charge < -0.3 is 4.90 Å². The summed E-state index contributed by atoms with van der Waals surface area (Å²) in [6.45, 7) is 0.713. The summed E-state index contributed by atoms with van der Waals surface area (Å²) in [5.74, 6) is 0.523. The van der Waals surface area contributed by atoms with Crippen LogP contribution in [0.25, 0.3) is 0 Å². The Bertz CT molecular complexity index is 507. The molecule has 0 bridgehead atoms. The molecule has 1 aromatic heterocycles. The van der Waals surface area contributed by atoms with Gasteiger partial charge in [0.1, 0.15) is 5.84 Å². The van der Waals surface area contributed by atoms with Crippen LogP contribution in [-0.4, -0.2) is 17.8 Å². The minimum atomic E-state index is 0.523. The van der Waals surface area contributed by atoms with E-state index in [0.29, 0.717) is 12.4 Å². The number of hydrogen-bond acceptors (Lipinski definition) is 2. The maximum absolute atomic E-state index is 8.09. The molecular weight excluding hydrogens is 252 g/mol. The molecule has 17 heavy (non-hydrogen) atoms. The predicted octanol–water partition coefficient (Wildman–Crippen LogP) is 3.86. The average Bonchev–Trinajstić information content (AvgIpc) is 2.75. The van der Waals surface area contributed by atoms with Crippen molar-refractivity contribution in [3.8, 4) is 0 Å². The fourth-order valence-electron chi connectivity index (χ4n) is 1.57. The number of thiophene rings is 1. The normalized spacial score (nSPS) is 10.2. The van der Waals surface area contributed by atoms with E-state index in [9.17, 15) is 0 Å². The van der Waals surface area contributed by atoms with E-state index in [1.54, 1.807) is 11.3 Å². The van der Waals surface area contributed by atoms with Gasteiger partial charge in [-0.05, 0) is 12.1 Å². The van der Waals surface area contributed by atoms with Crippen LogP contribution < -0.4 is 0 Å². The topological polar surface area (TPSA) is 27.1 Å². The van der Waals surface area contributed by atoms with Crippen molar-refractivity contribution in [3.05, 3.63) is 57.2 Å². The molecule has 2 rings (SSSR count). The number of rotatable bonds is 3. The van der Waals surface area contributed by atoms with Crippen LogP contribution in [0.15, 0.2) is 42.5 Å². The lowest BCUT2D eigenvalue weighted by Gasteiger charge is -2.19. The van der Waals surface area contributed by atoms with Gasteiger partial charge in [0.05, 0.1) is 10.9 Å².